The molecule has 0 saturated heterocycles. The Morgan fingerprint density at radius 3 is 0.875 bits per heavy atom. The van der Waals surface area contributed by atoms with Gasteiger partial charge in [0, 0.05) is 22.7 Å². The summed E-state index contributed by atoms with van der Waals surface area (Å²) in [7, 11) is 0. The van der Waals surface area contributed by atoms with Crippen LogP contribution in [0.3, 0.4) is 0 Å². The van der Waals surface area contributed by atoms with Crippen molar-refractivity contribution >= 4 is 22.7 Å². The van der Waals surface area contributed by atoms with E-state index in [9.17, 15) is 0 Å². The van der Waals surface area contributed by atoms with Crippen LogP contribution in [-0.2, 0) is 0 Å². The third-order valence-electron chi connectivity index (χ3n) is 6.17. The van der Waals surface area contributed by atoms with Crippen molar-refractivity contribution < 1.29 is 0 Å². The van der Waals surface area contributed by atoms with Crippen LogP contribution in [0.15, 0.2) is 60.7 Å². The molecule has 0 aromatic heterocycles. The van der Waals surface area contributed by atoms with Crippen LogP contribution in [0.2, 0.25) is 0 Å². The molecule has 170 valence electrons. The molecule has 0 radical (unpaired) electrons. The van der Waals surface area contributed by atoms with E-state index in [1.807, 2.05) is 0 Å². The fourth-order valence-electron chi connectivity index (χ4n) is 4.32. The van der Waals surface area contributed by atoms with Gasteiger partial charge in [0.2, 0.25) is 0 Å². The maximum absolute atomic E-state index is 3.73. The lowest BCUT2D eigenvalue weighted by molar-refractivity contribution is 0.838. The Morgan fingerprint density at radius 1 is 0.406 bits per heavy atom. The van der Waals surface area contributed by atoms with Crippen LogP contribution in [0.25, 0.3) is 0 Å². The summed E-state index contributed by atoms with van der Waals surface area (Å²) in [5.41, 5.74) is 10.2. The molecule has 3 aromatic carbocycles. The van der Waals surface area contributed by atoms with Crippen molar-refractivity contribution in [3.05, 3.63) is 82.9 Å². The molecule has 32 heavy (non-hydrogen) atoms. The first-order valence-corrected chi connectivity index (χ1v) is 12.1. The van der Waals surface area contributed by atoms with Gasteiger partial charge >= 0.3 is 0 Å². The second-order valence-electron chi connectivity index (χ2n) is 10.1. The molecule has 0 atom stereocenters. The molecule has 2 heteroatoms. The third kappa shape index (κ3) is 5.35. The summed E-state index contributed by atoms with van der Waals surface area (Å²) in [6.07, 6.45) is 0. The number of rotatable bonds is 8. The highest BCUT2D eigenvalue weighted by molar-refractivity contribution is 5.72. The molecule has 0 saturated carbocycles. The Labute approximate surface area is 195 Å². The third-order valence-corrected chi connectivity index (χ3v) is 6.17. The molecule has 2 nitrogen and oxygen atoms in total. The van der Waals surface area contributed by atoms with Gasteiger partial charge in [-0.1, -0.05) is 91.8 Å². The minimum Gasteiger partial charge on any atom is -0.355 e. The minimum absolute atomic E-state index is 0.471. The summed E-state index contributed by atoms with van der Waals surface area (Å²) in [6, 6.07) is 22.0. The first-order chi connectivity index (χ1) is 15.2. The molecule has 2 N–H and O–H groups in total. The molecule has 0 aliphatic heterocycles. The highest BCUT2D eigenvalue weighted by Gasteiger charge is 2.15. The van der Waals surface area contributed by atoms with Crippen LogP contribution in [0.4, 0.5) is 22.7 Å². The van der Waals surface area contributed by atoms with E-state index in [-0.39, 0.29) is 0 Å². The predicted molar refractivity (Wildman–Crippen MR) is 142 cm³/mol. The Morgan fingerprint density at radius 2 is 0.656 bits per heavy atom. The van der Waals surface area contributed by atoms with Gasteiger partial charge in [-0.3, -0.25) is 0 Å². The molecule has 0 aliphatic rings. The van der Waals surface area contributed by atoms with Gasteiger partial charge in [0.05, 0.1) is 0 Å². The molecule has 0 aliphatic carbocycles. The molecule has 0 spiro atoms. The number of benzene rings is 3. The van der Waals surface area contributed by atoms with Crippen LogP contribution in [0, 0.1) is 0 Å². The summed E-state index contributed by atoms with van der Waals surface area (Å²) < 4.78 is 0. The van der Waals surface area contributed by atoms with E-state index in [1.54, 1.807) is 0 Å². The molecule has 0 fully saturated rings. The first kappa shape index (κ1) is 23.9. The zero-order valence-electron chi connectivity index (χ0n) is 21.1. The fraction of sp³-hybridized carbons (Fsp3) is 0.400. The molecule has 0 bridgehead atoms. The summed E-state index contributed by atoms with van der Waals surface area (Å²) in [6.45, 7) is 18.1. The molecule has 3 rings (SSSR count). The van der Waals surface area contributed by atoms with Crippen LogP contribution < -0.4 is 10.6 Å². The number of anilines is 4. The minimum atomic E-state index is 0.471. The normalized spacial score (nSPS) is 11.6. The van der Waals surface area contributed by atoms with E-state index in [4.69, 9.17) is 0 Å². The van der Waals surface area contributed by atoms with E-state index >= 15 is 0 Å². The van der Waals surface area contributed by atoms with Crippen LogP contribution >= 0.6 is 0 Å². The second-order valence-corrected chi connectivity index (χ2v) is 10.1. The van der Waals surface area contributed by atoms with Crippen molar-refractivity contribution in [1.29, 1.82) is 0 Å². The van der Waals surface area contributed by atoms with Gasteiger partial charge in [-0.25, -0.2) is 0 Å². The molecular formula is C30H40N2. The van der Waals surface area contributed by atoms with E-state index in [2.05, 4.69) is 127 Å². The zero-order valence-corrected chi connectivity index (χ0v) is 21.1. The van der Waals surface area contributed by atoms with Crippen molar-refractivity contribution in [2.45, 2.75) is 79.1 Å². The van der Waals surface area contributed by atoms with Crippen molar-refractivity contribution in [3.63, 3.8) is 0 Å². The maximum Gasteiger partial charge on any atom is 0.0454 e. The first-order valence-electron chi connectivity index (χ1n) is 12.1. The summed E-state index contributed by atoms with van der Waals surface area (Å²) in [5, 5.41) is 7.45. The molecule has 0 unspecified atom stereocenters. The number of para-hydroxylation sites is 2. The summed E-state index contributed by atoms with van der Waals surface area (Å²) >= 11 is 0. The Hall–Kier alpha value is -2.74. The van der Waals surface area contributed by atoms with Gasteiger partial charge < -0.3 is 10.6 Å². The molecule has 3 aromatic rings. The average molecular weight is 429 g/mol. The number of hydrogen-bond donors (Lipinski definition) is 2. The topological polar surface area (TPSA) is 24.1 Å². The maximum atomic E-state index is 3.73. The monoisotopic (exact) mass is 428 g/mol. The predicted octanol–water partition coefficient (Wildman–Crippen LogP) is 9.67. The van der Waals surface area contributed by atoms with Gasteiger partial charge in [0.1, 0.15) is 0 Å². The zero-order chi connectivity index (χ0) is 23.4. The smallest absolute Gasteiger partial charge is 0.0454 e. The highest BCUT2D eigenvalue weighted by Crippen LogP contribution is 2.36. The van der Waals surface area contributed by atoms with E-state index in [0.29, 0.717) is 23.7 Å². The molecule has 0 heterocycles. The van der Waals surface area contributed by atoms with E-state index in [1.165, 1.54) is 33.6 Å². The van der Waals surface area contributed by atoms with Crippen LogP contribution in [0.5, 0.6) is 0 Å². The van der Waals surface area contributed by atoms with Gasteiger partial charge in [0.25, 0.3) is 0 Å². The lowest BCUT2D eigenvalue weighted by atomic mass is 9.92. The van der Waals surface area contributed by atoms with Gasteiger partial charge in [0.15, 0.2) is 0 Å². The number of nitrogens with one attached hydrogen (secondary N) is 2. The second kappa shape index (κ2) is 10.3. The fourth-order valence-corrected chi connectivity index (χ4v) is 4.32. The van der Waals surface area contributed by atoms with Crippen molar-refractivity contribution in [3.8, 4) is 0 Å². The van der Waals surface area contributed by atoms with Crippen molar-refractivity contribution in [1.82, 2.24) is 0 Å². The van der Waals surface area contributed by atoms with Gasteiger partial charge in [-0.05, 0) is 70.2 Å². The SMILES string of the molecule is CC(C)c1cccc(C(C)C)c1Nc1ccc(Nc2c(C(C)C)cccc2C(C)C)cc1. The number of hydrogen-bond acceptors (Lipinski definition) is 2. The lowest BCUT2D eigenvalue weighted by Gasteiger charge is -2.22. The summed E-state index contributed by atoms with van der Waals surface area (Å²) in [5.74, 6) is 1.89. The molecule has 0 amide bonds. The Balaban J connectivity index is 1.90. The van der Waals surface area contributed by atoms with Crippen LogP contribution in [0.1, 0.15) is 101 Å². The lowest BCUT2D eigenvalue weighted by Crippen LogP contribution is -2.05. The Kier molecular flexibility index (Phi) is 7.66. The standard InChI is InChI=1S/C30H40N2/c1-19(2)25-11-9-12-26(20(3)4)29(25)31-23-15-17-24(18-16-23)32-30-27(21(5)6)13-10-14-28(30)22(7)8/h9-22,31-32H,1-8H3. The van der Waals surface area contributed by atoms with Gasteiger partial charge in [-0.15, -0.1) is 0 Å². The summed E-state index contributed by atoms with van der Waals surface area (Å²) in [4.78, 5) is 0. The van der Waals surface area contributed by atoms with Crippen LogP contribution in [-0.4, -0.2) is 0 Å². The average Bonchev–Trinajstić information content (AvgIpc) is 2.74. The van der Waals surface area contributed by atoms with E-state index < -0.39 is 0 Å². The van der Waals surface area contributed by atoms with E-state index in [0.717, 1.165) is 11.4 Å². The van der Waals surface area contributed by atoms with Gasteiger partial charge in [-0.2, -0.15) is 0 Å². The van der Waals surface area contributed by atoms with Crippen molar-refractivity contribution in [2.24, 2.45) is 0 Å². The quantitative estimate of drug-likeness (QED) is 0.373. The van der Waals surface area contributed by atoms with Crippen molar-refractivity contribution in [2.75, 3.05) is 10.6 Å². The highest BCUT2D eigenvalue weighted by atomic mass is 14.9. The molecular weight excluding hydrogens is 388 g/mol. The largest absolute Gasteiger partial charge is 0.355 e. The Bertz CT molecular complexity index is 890.